The van der Waals surface area contributed by atoms with Crippen molar-refractivity contribution < 1.29 is 19.1 Å². The largest absolute Gasteiger partial charge is 0.497 e. The van der Waals surface area contributed by atoms with Gasteiger partial charge < -0.3 is 14.4 Å². The third-order valence-corrected chi connectivity index (χ3v) is 7.06. The van der Waals surface area contributed by atoms with Crippen LogP contribution in [0.15, 0.2) is 42.5 Å². The second-order valence-electron chi connectivity index (χ2n) is 9.31. The zero-order valence-electron chi connectivity index (χ0n) is 18.9. The van der Waals surface area contributed by atoms with Gasteiger partial charge in [-0.05, 0) is 67.6 Å². The number of amides is 3. The molecule has 32 heavy (non-hydrogen) atoms. The molecular weight excluding hydrogens is 404 g/mol. The molecule has 6 nitrogen and oxygen atoms in total. The topological polar surface area (TPSA) is 59.1 Å². The van der Waals surface area contributed by atoms with Gasteiger partial charge in [-0.3, -0.25) is 4.79 Å². The highest BCUT2D eigenvalue weighted by Gasteiger charge is 2.57. The summed E-state index contributed by atoms with van der Waals surface area (Å²) in [5.41, 5.74) is 3.66. The van der Waals surface area contributed by atoms with Crippen LogP contribution in [0.3, 0.4) is 0 Å². The highest BCUT2D eigenvalue weighted by atomic mass is 16.5. The number of fused-ring (bicyclic) bond motifs is 3. The number of methoxy groups -OCH3 is 1. The molecule has 1 aliphatic carbocycles. The minimum atomic E-state index is -0.611. The van der Waals surface area contributed by atoms with Crippen molar-refractivity contribution in [2.45, 2.75) is 64.3 Å². The summed E-state index contributed by atoms with van der Waals surface area (Å²) in [5, 5.41) is 0. The highest BCUT2D eigenvalue weighted by Crippen LogP contribution is 2.44. The Kier molecular flexibility index (Phi) is 5.41. The Morgan fingerprint density at radius 1 is 1.00 bits per heavy atom. The molecule has 0 spiro atoms. The van der Waals surface area contributed by atoms with E-state index in [0.29, 0.717) is 12.2 Å². The van der Waals surface area contributed by atoms with Gasteiger partial charge in [0.2, 0.25) is 0 Å². The van der Waals surface area contributed by atoms with Crippen molar-refractivity contribution in [3.05, 3.63) is 59.2 Å². The average Bonchev–Trinajstić information content (AvgIpc) is 3.16. The molecule has 4 unspecified atom stereocenters. The van der Waals surface area contributed by atoms with Crippen molar-refractivity contribution in [1.29, 1.82) is 0 Å². The number of urea groups is 1. The van der Waals surface area contributed by atoms with Gasteiger partial charge in [-0.1, -0.05) is 31.0 Å². The van der Waals surface area contributed by atoms with Crippen LogP contribution in [0.25, 0.3) is 0 Å². The maximum Gasteiger partial charge on any atom is 0.332 e. The Bertz CT molecular complexity index is 1010. The first kappa shape index (κ1) is 21.0. The number of imide groups is 1. The Hall–Kier alpha value is -2.86. The summed E-state index contributed by atoms with van der Waals surface area (Å²) >= 11 is 0. The smallest absolute Gasteiger partial charge is 0.332 e. The standard InChI is InChI=1S/C26H30N2O4/c1-16-12-17(2)14-19(13-16)28-25(29)24-23(21-6-4-5-7-22(21)32-24)27(26(28)30)15-18-8-10-20(31-3)11-9-18/h8-14,21-24H,4-7,15H2,1-3H3. The van der Waals surface area contributed by atoms with Gasteiger partial charge in [-0.25, -0.2) is 9.69 Å². The van der Waals surface area contributed by atoms with E-state index in [1.807, 2.05) is 61.2 Å². The lowest BCUT2D eigenvalue weighted by molar-refractivity contribution is -0.132. The molecule has 4 atom stereocenters. The Labute approximate surface area is 189 Å². The zero-order chi connectivity index (χ0) is 22.4. The molecule has 6 heteroatoms. The second-order valence-corrected chi connectivity index (χ2v) is 9.31. The van der Waals surface area contributed by atoms with E-state index < -0.39 is 6.10 Å². The highest BCUT2D eigenvalue weighted by molar-refractivity contribution is 6.18. The third kappa shape index (κ3) is 3.56. The first-order valence-electron chi connectivity index (χ1n) is 11.5. The van der Waals surface area contributed by atoms with Crippen molar-refractivity contribution in [3.8, 4) is 5.75 Å². The van der Waals surface area contributed by atoms with Gasteiger partial charge in [0.15, 0.2) is 6.10 Å². The first-order valence-corrected chi connectivity index (χ1v) is 11.5. The SMILES string of the molecule is COc1ccc(CN2C(=O)N(c3cc(C)cc(C)c3)C(=O)C3OC4CCCCC4C32)cc1. The number of hydrogen-bond acceptors (Lipinski definition) is 4. The minimum Gasteiger partial charge on any atom is -0.497 e. The summed E-state index contributed by atoms with van der Waals surface area (Å²) in [7, 11) is 1.64. The van der Waals surface area contributed by atoms with E-state index >= 15 is 0 Å². The average molecular weight is 435 g/mol. The van der Waals surface area contributed by atoms with Gasteiger partial charge in [0.05, 0.1) is 24.9 Å². The molecule has 2 aliphatic heterocycles. The van der Waals surface area contributed by atoms with Crippen molar-refractivity contribution in [1.82, 2.24) is 4.90 Å². The monoisotopic (exact) mass is 434 g/mol. The third-order valence-electron chi connectivity index (χ3n) is 7.06. The summed E-state index contributed by atoms with van der Waals surface area (Å²) in [6, 6.07) is 13.1. The van der Waals surface area contributed by atoms with E-state index in [4.69, 9.17) is 9.47 Å². The van der Waals surface area contributed by atoms with Crippen LogP contribution in [-0.2, 0) is 16.1 Å². The number of hydrogen-bond donors (Lipinski definition) is 0. The molecule has 3 amide bonds. The summed E-state index contributed by atoms with van der Waals surface area (Å²) in [4.78, 5) is 30.7. The number of anilines is 1. The van der Waals surface area contributed by atoms with Crippen molar-refractivity contribution >= 4 is 17.6 Å². The van der Waals surface area contributed by atoms with Crippen LogP contribution in [0.2, 0.25) is 0 Å². The van der Waals surface area contributed by atoms with E-state index in [1.54, 1.807) is 7.11 Å². The number of rotatable bonds is 4. The van der Waals surface area contributed by atoms with Crippen LogP contribution < -0.4 is 9.64 Å². The van der Waals surface area contributed by atoms with Crippen LogP contribution >= 0.6 is 0 Å². The van der Waals surface area contributed by atoms with Crippen LogP contribution in [-0.4, -0.2) is 42.2 Å². The fraction of sp³-hybridized carbons (Fsp3) is 0.462. The second kappa shape index (κ2) is 8.24. The van der Waals surface area contributed by atoms with Crippen LogP contribution in [0.1, 0.15) is 42.4 Å². The van der Waals surface area contributed by atoms with E-state index in [0.717, 1.165) is 48.1 Å². The van der Waals surface area contributed by atoms with Gasteiger partial charge >= 0.3 is 6.03 Å². The molecule has 2 heterocycles. The van der Waals surface area contributed by atoms with Crippen molar-refractivity contribution in [2.24, 2.45) is 5.92 Å². The van der Waals surface area contributed by atoms with E-state index in [9.17, 15) is 9.59 Å². The quantitative estimate of drug-likeness (QED) is 0.705. The molecule has 0 aromatic heterocycles. The molecule has 2 saturated heterocycles. The molecule has 1 saturated carbocycles. The number of aryl methyl sites for hydroxylation is 2. The Morgan fingerprint density at radius 3 is 2.38 bits per heavy atom. The van der Waals surface area contributed by atoms with Crippen molar-refractivity contribution in [2.75, 3.05) is 12.0 Å². The van der Waals surface area contributed by atoms with Gasteiger partial charge in [0.1, 0.15) is 5.75 Å². The lowest BCUT2D eigenvalue weighted by atomic mass is 9.80. The van der Waals surface area contributed by atoms with Gasteiger partial charge in [0, 0.05) is 12.5 Å². The lowest BCUT2D eigenvalue weighted by Crippen LogP contribution is -2.64. The molecule has 5 rings (SSSR count). The molecule has 3 fully saturated rings. The van der Waals surface area contributed by atoms with Gasteiger partial charge in [-0.15, -0.1) is 0 Å². The summed E-state index contributed by atoms with van der Waals surface area (Å²) in [6.07, 6.45) is 3.62. The molecule has 0 N–H and O–H groups in total. The van der Waals surface area contributed by atoms with Crippen LogP contribution in [0.5, 0.6) is 5.75 Å². The van der Waals surface area contributed by atoms with Gasteiger partial charge in [-0.2, -0.15) is 0 Å². The fourth-order valence-corrected chi connectivity index (χ4v) is 5.67. The summed E-state index contributed by atoms with van der Waals surface area (Å²) in [5.74, 6) is 0.756. The summed E-state index contributed by atoms with van der Waals surface area (Å²) in [6.45, 7) is 4.40. The molecule has 2 aromatic rings. The van der Waals surface area contributed by atoms with Gasteiger partial charge in [0.25, 0.3) is 5.91 Å². The van der Waals surface area contributed by atoms with E-state index in [2.05, 4.69) is 0 Å². The Balaban J connectivity index is 1.54. The van der Waals surface area contributed by atoms with E-state index in [-0.39, 0.29) is 30.0 Å². The van der Waals surface area contributed by atoms with Crippen molar-refractivity contribution in [3.63, 3.8) is 0 Å². The molecule has 2 aromatic carbocycles. The number of benzene rings is 2. The number of carbonyl (C=O) groups excluding carboxylic acids is 2. The predicted octanol–water partition coefficient (Wildman–Crippen LogP) is 4.61. The summed E-state index contributed by atoms with van der Waals surface area (Å²) < 4.78 is 11.6. The molecular formula is C26H30N2O4. The first-order chi connectivity index (χ1) is 15.5. The molecule has 0 bridgehead atoms. The minimum absolute atomic E-state index is 0.0491. The predicted molar refractivity (Wildman–Crippen MR) is 122 cm³/mol. The fourth-order valence-electron chi connectivity index (χ4n) is 5.67. The Morgan fingerprint density at radius 2 is 1.69 bits per heavy atom. The van der Waals surface area contributed by atoms with Crippen LogP contribution in [0, 0.1) is 19.8 Å². The maximum absolute atomic E-state index is 13.9. The zero-order valence-corrected chi connectivity index (χ0v) is 18.9. The van der Waals surface area contributed by atoms with Crippen LogP contribution in [0.4, 0.5) is 10.5 Å². The molecule has 168 valence electrons. The molecule has 3 aliphatic rings. The normalized spacial score (nSPS) is 27.3. The maximum atomic E-state index is 13.9. The molecule has 0 radical (unpaired) electrons. The van der Waals surface area contributed by atoms with E-state index in [1.165, 1.54) is 4.90 Å². The lowest BCUT2D eigenvalue weighted by Gasteiger charge is -2.43. The number of carbonyl (C=O) groups is 2. The number of nitrogens with zero attached hydrogens (tertiary/aromatic N) is 2. The number of ether oxygens (including phenoxy) is 2.